The zero-order valence-corrected chi connectivity index (χ0v) is 15.8. The Bertz CT molecular complexity index is 789. The molecule has 1 aromatic heterocycles. The highest BCUT2D eigenvalue weighted by Crippen LogP contribution is 2.24. The van der Waals surface area contributed by atoms with Crippen LogP contribution in [0.1, 0.15) is 33.3 Å². The van der Waals surface area contributed by atoms with Gasteiger partial charge in [0.25, 0.3) is 0 Å². The highest BCUT2D eigenvalue weighted by atomic mass is 35.5. The number of nitrogens with zero attached hydrogens (tertiary/aromatic N) is 3. The Balaban J connectivity index is 2.07. The van der Waals surface area contributed by atoms with Crippen molar-refractivity contribution in [3.8, 4) is 17.3 Å². The Kier molecular flexibility index (Phi) is 5.81. The smallest absolute Gasteiger partial charge is 0.101 e. The first-order chi connectivity index (χ1) is 11.2. The van der Waals surface area contributed by atoms with Crippen LogP contribution in [0.4, 0.5) is 0 Å². The molecule has 0 aliphatic heterocycles. The SMILES string of the molecule is C[C@@H](Cn1ccc(-c2ccc(C#N)c(Cl)c2)n1)NS(=O)C(C)(C)C. The molecule has 0 saturated carbocycles. The van der Waals surface area contributed by atoms with E-state index in [2.05, 4.69) is 9.82 Å². The lowest BCUT2D eigenvalue weighted by atomic mass is 10.1. The Morgan fingerprint density at radius 3 is 2.71 bits per heavy atom. The van der Waals surface area contributed by atoms with Gasteiger partial charge < -0.3 is 0 Å². The van der Waals surface area contributed by atoms with Gasteiger partial charge in [0.2, 0.25) is 0 Å². The number of halogens is 1. The van der Waals surface area contributed by atoms with Gasteiger partial charge in [0.1, 0.15) is 6.07 Å². The number of benzene rings is 1. The fraction of sp³-hybridized carbons (Fsp3) is 0.412. The number of nitriles is 1. The molecule has 128 valence electrons. The quantitative estimate of drug-likeness (QED) is 0.882. The molecule has 0 aliphatic rings. The normalized spacial score (nSPS) is 14.2. The average Bonchev–Trinajstić information content (AvgIpc) is 2.94. The summed E-state index contributed by atoms with van der Waals surface area (Å²) in [7, 11) is -1.12. The van der Waals surface area contributed by atoms with Gasteiger partial charge in [-0.25, -0.2) is 8.93 Å². The van der Waals surface area contributed by atoms with E-state index in [9.17, 15) is 4.21 Å². The minimum absolute atomic E-state index is 0.0161. The summed E-state index contributed by atoms with van der Waals surface area (Å²) in [6.07, 6.45) is 1.87. The molecule has 0 bridgehead atoms. The summed E-state index contributed by atoms with van der Waals surface area (Å²) in [6, 6.07) is 9.20. The molecule has 2 atom stereocenters. The minimum Gasteiger partial charge on any atom is -0.271 e. The molecule has 0 spiro atoms. The Morgan fingerprint density at radius 1 is 1.42 bits per heavy atom. The number of rotatable bonds is 5. The van der Waals surface area contributed by atoms with Crippen molar-refractivity contribution in [2.45, 2.75) is 45.0 Å². The zero-order chi connectivity index (χ0) is 17.9. The predicted octanol–water partition coefficient (Wildman–Crippen LogP) is 3.52. The third-order valence-electron chi connectivity index (χ3n) is 3.35. The average molecular weight is 365 g/mol. The maximum absolute atomic E-state index is 12.1. The molecule has 24 heavy (non-hydrogen) atoms. The van der Waals surface area contributed by atoms with E-state index in [1.807, 2.05) is 52.1 Å². The van der Waals surface area contributed by atoms with E-state index in [0.29, 0.717) is 17.1 Å². The number of hydrogen-bond donors (Lipinski definition) is 1. The summed E-state index contributed by atoms with van der Waals surface area (Å²) in [4.78, 5) is 0. The van der Waals surface area contributed by atoms with Gasteiger partial charge in [-0.05, 0) is 45.9 Å². The summed E-state index contributed by atoms with van der Waals surface area (Å²) in [5.41, 5.74) is 2.09. The molecule has 1 unspecified atom stereocenters. The Morgan fingerprint density at radius 2 is 2.12 bits per heavy atom. The largest absolute Gasteiger partial charge is 0.271 e. The molecular formula is C17H21ClN4OS. The molecule has 0 saturated heterocycles. The molecule has 2 aromatic rings. The second-order valence-corrected chi connectivity index (χ2v) is 9.03. The molecule has 7 heteroatoms. The fourth-order valence-corrected chi connectivity index (χ4v) is 3.08. The van der Waals surface area contributed by atoms with Gasteiger partial charge >= 0.3 is 0 Å². The van der Waals surface area contributed by atoms with Crippen LogP contribution in [0.15, 0.2) is 30.5 Å². The van der Waals surface area contributed by atoms with Crippen molar-refractivity contribution in [3.63, 3.8) is 0 Å². The monoisotopic (exact) mass is 364 g/mol. The zero-order valence-electron chi connectivity index (χ0n) is 14.2. The lowest BCUT2D eigenvalue weighted by molar-refractivity contribution is 0.506. The van der Waals surface area contributed by atoms with Gasteiger partial charge in [0.15, 0.2) is 0 Å². The van der Waals surface area contributed by atoms with Crippen LogP contribution in [0.25, 0.3) is 11.3 Å². The first-order valence-electron chi connectivity index (χ1n) is 7.62. The molecule has 0 amide bonds. The fourth-order valence-electron chi connectivity index (χ4n) is 2.06. The van der Waals surface area contributed by atoms with E-state index in [1.165, 1.54) is 0 Å². The maximum Gasteiger partial charge on any atom is 0.101 e. The van der Waals surface area contributed by atoms with E-state index in [0.717, 1.165) is 11.3 Å². The van der Waals surface area contributed by atoms with Crippen LogP contribution in [0.2, 0.25) is 5.02 Å². The van der Waals surface area contributed by atoms with E-state index in [-0.39, 0.29) is 10.8 Å². The minimum atomic E-state index is -1.12. The van der Waals surface area contributed by atoms with Crippen LogP contribution in [0, 0.1) is 11.3 Å². The highest BCUT2D eigenvalue weighted by Gasteiger charge is 2.21. The summed E-state index contributed by atoms with van der Waals surface area (Å²) < 4.78 is 16.7. The Hall–Kier alpha value is -1.68. The van der Waals surface area contributed by atoms with Crippen LogP contribution in [0.3, 0.4) is 0 Å². The van der Waals surface area contributed by atoms with Crippen LogP contribution in [-0.4, -0.2) is 24.8 Å². The van der Waals surface area contributed by atoms with Gasteiger partial charge in [0, 0.05) is 17.8 Å². The standard InChI is InChI=1S/C17H21ClN4OS/c1-12(21-24(23)17(2,3)4)11-22-8-7-16(20-22)13-5-6-14(10-19)15(18)9-13/h5-9,12,21H,11H2,1-4H3/t12-,24?/m0/s1. The van der Waals surface area contributed by atoms with Crippen LogP contribution < -0.4 is 4.72 Å². The van der Waals surface area contributed by atoms with Gasteiger partial charge in [-0.3, -0.25) is 4.68 Å². The Labute approximate surface area is 150 Å². The molecule has 0 radical (unpaired) electrons. The van der Waals surface area contributed by atoms with Crippen LogP contribution >= 0.6 is 11.6 Å². The first kappa shape index (κ1) is 18.7. The molecular weight excluding hydrogens is 344 g/mol. The summed E-state index contributed by atoms with van der Waals surface area (Å²) in [5, 5.41) is 13.9. The van der Waals surface area contributed by atoms with E-state index < -0.39 is 11.0 Å². The van der Waals surface area contributed by atoms with Gasteiger partial charge in [-0.2, -0.15) is 10.4 Å². The number of hydrogen-bond acceptors (Lipinski definition) is 3. The number of aromatic nitrogens is 2. The first-order valence-corrected chi connectivity index (χ1v) is 9.15. The molecule has 1 heterocycles. The van der Waals surface area contributed by atoms with Crippen LogP contribution in [-0.2, 0) is 17.5 Å². The lowest BCUT2D eigenvalue weighted by Gasteiger charge is -2.21. The van der Waals surface area contributed by atoms with Crippen molar-refractivity contribution in [2.75, 3.05) is 0 Å². The second-order valence-electron chi connectivity index (χ2n) is 6.63. The van der Waals surface area contributed by atoms with E-state index >= 15 is 0 Å². The van der Waals surface area contributed by atoms with E-state index in [1.54, 1.807) is 16.8 Å². The number of nitrogens with one attached hydrogen (secondary N) is 1. The molecule has 1 N–H and O–H groups in total. The predicted molar refractivity (Wildman–Crippen MR) is 97.9 cm³/mol. The van der Waals surface area contributed by atoms with Crippen molar-refractivity contribution in [3.05, 3.63) is 41.0 Å². The molecule has 1 aromatic carbocycles. The van der Waals surface area contributed by atoms with Crippen molar-refractivity contribution in [1.82, 2.24) is 14.5 Å². The molecule has 0 fully saturated rings. The highest BCUT2D eigenvalue weighted by molar-refractivity contribution is 7.84. The third kappa shape index (κ3) is 4.67. The van der Waals surface area contributed by atoms with Crippen LogP contribution in [0.5, 0.6) is 0 Å². The van der Waals surface area contributed by atoms with Gasteiger partial charge in [-0.1, -0.05) is 17.7 Å². The van der Waals surface area contributed by atoms with Gasteiger partial charge in [0.05, 0.1) is 38.6 Å². The van der Waals surface area contributed by atoms with Crippen molar-refractivity contribution < 1.29 is 4.21 Å². The third-order valence-corrected chi connectivity index (χ3v) is 5.39. The van der Waals surface area contributed by atoms with Crippen molar-refractivity contribution in [2.24, 2.45) is 0 Å². The molecule has 0 aliphatic carbocycles. The van der Waals surface area contributed by atoms with E-state index in [4.69, 9.17) is 16.9 Å². The summed E-state index contributed by atoms with van der Waals surface area (Å²) in [6.45, 7) is 8.38. The summed E-state index contributed by atoms with van der Waals surface area (Å²) >= 11 is 6.07. The topological polar surface area (TPSA) is 70.7 Å². The van der Waals surface area contributed by atoms with Crippen molar-refractivity contribution in [1.29, 1.82) is 5.26 Å². The van der Waals surface area contributed by atoms with Gasteiger partial charge in [-0.15, -0.1) is 0 Å². The second kappa shape index (κ2) is 7.47. The van der Waals surface area contributed by atoms with Crippen molar-refractivity contribution >= 4 is 22.6 Å². The summed E-state index contributed by atoms with van der Waals surface area (Å²) in [5.74, 6) is 0. The molecule has 2 rings (SSSR count). The molecule has 5 nitrogen and oxygen atoms in total. The maximum atomic E-state index is 12.1. The lowest BCUT2D eigenvalue weighted by Crippen LogP contribution is -2.40.